The van der Waals surface area contributed by atoms with Crippen LogP contribution in [-0.2, 0) is 4.74 Å². The Balaban J connectivity index is 0.00000190. The monoisotopic (exact) mass is 552 g/mol. The first-order chi connectivity index (χ1) is 17.0. The van der Waals surface area contributed by atoms with E-state index in [0.717, 1.165) is 75.4 Å². The van der Waals surface area contributed by atoms with Crippen LogP contribution in [0.1, 0.15) is 55.7 Å². The summed E-state index contributed by atoms with van der Waals surface area (Å²) < 4.78 is 32.8. The van der Waals surface area contributed by atoms with Crippen molar-refractivity contribution in [1.29, 1.82) is 0 Å². The first kappa shape index (κ1) is 28.9. The Morgan fingerprint density at radius 3 is 2.19 bits per heavy atom. The van der Waals surface area contributed by atoms with E-state index in [4.69, 9.17) is 14.7 Å². The molecule has 1 saturated carbocycles. The summed E-state index contributed by atoms with van der Waals surface area (Å²) in [4.78, 5) is 20.7. The van der Waals surface area contributed by atoms with Crippen LogP contribution in [0.25, 0.3) is 23.2 Å². The molecule has 1 saturated heterocycles. The summed E-state index contributed by atoms with van der Waals surface area (Å²) in [6, 6.07) is 4.52. The number of hydrogen-bond donors (Lipinski definition) is 1. The highest BCUT2D eigenvalue weighted by molar-refractivity contribution is 5.85. The standard InChI is InChI=1S/C26H30F2N6O.2ClH/c1-16-21(31-23-14-20(28)19(27)13-22(23)29-16)9-10-24-32-25(15-26(33-24)34-11-3-4-12-34)30-17-5-7-18(35-2)8-6-17;;/h9-10,13-15,17-18H,3-8,11-12H2,1-2H3,(H,30,32,33);2*1H/b10-9+;;. The largest absolute Gasteiger partial charge is 0.381 e. The number of fused-ring (bicyclic) bond motifs is 1. The van der Waals surface area contributed by atoms with Gasteiger partial charge in [0.25, 0.3) is 0 Å². The van der Waals surface area contributed by atoms with Gasteiger partial charge in [0.15, 0.2) is 17.5 Å². The van der Waals surface area contributed by atoms with E-state index in [1.807, 2.05) is 6.07 Å². The summed E-state index contributed by atoms with van der Waals surface area (Å²) in [5.41, 5.74) is 1.80. The highest BCUT2D eigenvalue weighted by Crippen LogP contribution is 2.26. The van der Waals surface area contributed by atoms with Crippen LogP contribution >= 0.6 is 24.8 Å². The van der Waals surface area contributed by atoms with E-state index in [0.29, 0.717) is 40.4 Å². The second kappa shape index (κ2) is 12.8. The second-order valence-corrected chi connectivity index (χ2v) is 9.30. The minimum atomic E-state index is -0.942. The molecule has 200 valence electrons. The third-order valence-electron chi connectivity index (χ3n) is 6.83. The van der Waals surface area contributed by atoms with Crippen molar-refractivity contribution in [2.45, 2.75) is 57.6 Å². The average Bonchev–Trinajstić information content (AvgIpc) is 3.40. The lowest BCUT2D eigenvalue weighted by molar-refractivity contribution is 0.0681. The number of hydrogen-bond acceptors (Lipinski definition) is 7. The lowest BCUT2D eigenvalue weighted by Crippen LogP contribution is -2.30. The van der Waals surface area contributed by atoms with Gasteiger partial charge in [0.05, 0.1) is 28.5 Å². The summed E-state index contributed by atoms with van der Waals surface area (Å²) in [6.45, 7) is 3.75. The zero-order valence-corrected chi connectivity index (χ0v) is 22.5. The number of ether oxygens (including phenoxy) is 1. The van der Waals surface area contributed by atoms with Crippen molar-refractivity contribution in [2.24, 2.45) is 0 Å². The van der Waals surface area contributed by atoms with E-state index in [1.54, 1.807) is 26.2 Å². The van der Waals surface area contributed by atoms with Gasteiger partial charge in [-0.15, -0.1) is 24.8 Å². The quantitative estimate of drug-likeness (QED) is 0.402. The van der Waals surface area contributed by atoms with Gasteiger partial charge in [0.2, 0.25) is 0 Å². The molecule has 11 heteroatoms. The van der Waals surface area contributed by atoms with Gasteiger partial charge in [-0.25, -0.2) is 28.7 Å². The molecule has 0 bridgehead atoms. The van der Waals surface area contributed by atoms with E-state index in [2.05, 4.69) is 20.2 Å². The van der Waals surface area contributed by atoms with Gasteiger partial charge in [-0.3, -0.25) is 0 Å². The van der Waals surface area contributed by atoms with Gasteiger partial charge >= 0.3 is 0 Å². The number of aryl methyl sites for hydroxylation is 1. The topological polar surface area (TPSA) is 76.1 Å². The third-order valence-corrected chi connectivity index (χ3v) is 6.83. The van der Waals surface area contributed by atoms with E-state index in [9.17, 15) is 8.78 Å². The van der Waals surface area contributed by atoms with Crippen LogP contribution in [0.2, 0.25) is 0 Å². The molecule has 1 N–H and O–H groups in total. The number of anilines is 2. The maximum Gasteiger partial charge on any atom is 0.161 e. The van der Waals surface area contributed by atoms with Gasteiger partial charge in [0.1, 0.15) is 11.6 Å². The normalized spacial score (nSPS) is 19.6. The predicted molar refractivity (Wildman–Crippen MR) is 148 cm³/mol. The van der Waals surface area contributed by atoms with Gasteiger partial charge in [-0.05, 0) is 57.6 Å². The SMILES string of the molecule is COC1CCC(Nc2cc(N3CCCC3)nc(/C=C/c3nc4cc(F)c(F)cc4nc3C)n2)CC1.Cl.Cl. The molecule has 1 aromatic carbocycles. The fourth-order valence-corrected chi connectivity index (χ4v) is 4.83. The molecule has 1 aliphatic heterocycles. The predicted octanol–water partition coefficient (Wildman–Crippen LogP) is 5.99. The number of methoxy groups -OCH3 is 1. The zero-order chi connectivity index (χ0) is 24.4. The third kappa shape index (κ3) is 6.83. The van der Waals surface area contributed by atoms with Crippen molar-refractivity contribution in [2.75, 3.05) is 30.4 Å². The summed E-state index contributed by atoms with van der Waals surface area (Å²) in [6.07, 6.45) is 10.4. The molecule has 2 aromatic heterocycles. The molecule has 2 fully saturated rings. The Bertz CT molecular complexity index is 1250. The van der Waals surface area contributed by atoms with Crippen LogP contribution in [0.15, 0.2) is 18.2 Å². The van der Waals surface area contributed by atoms with E-state index in [-0.39, 0.29) is 24.8 Å². The molecule has 3 heterocycles. The van der Waals surface area contributed by atoms with E-state index < -0.39 is 11.6 Å². The van der Waals surface area contributed by atoms with Crippen LogP contribution in [-0.4, -0.2) is 52.3 Å². The highest BCUT2D eigenvalue weighted by Gasteiger charge is 2.22. The van der Waals surface area contributed by atoms with Crippen LogP contribution in [0.3, 0.4) is 0 Å². The zero-order valence-electron chi connectivity index (χ0n) is 20.9. The first-order valence-corrected chi connectivity index (χ1v) is 12.2. The maximum atomic E-state index is 13.7. The van der Waals surface area contributed by atoms with Crippen LogP contribution < -0.4 is 10.2 Å². The fourth-order valence-electron chi connectivity index (χ4n) is 4.83. The number of nitrogens with zero attached hydrogens (tertiary/aromatic N) is 5. The molecular weight excluding hydrogens is 521 g/mol. The molecular formula is C26H32Cl2F2N6O. The molecule has 3 aromatic rings. The number of benzene rings is 1. The molecule has 0 unspecified atom stereocenters. The van der Waals surface area contributed by atoms with Gasteiger partial charge < -0.3 is 15.0 Å². The van der Waals surface area contributed by atoms with Crippen molar-refractivity contribution in [3.05, 3.63) is 47.0 Å². The van der Waals surface area contributed by atoms with Gasteiger partial charge in [-0.2, -0.15) is 0 Å². The smallest absolute Gasteiger partial charge is 0.161 e. The van der Waals surface area contributed by atoms with Crippen molar-refractivity contribution in [3.63, 3.8) is 0 Å². The fraction of sp³-hybridized carbons (Fsp3) is 0.462. The van der Waals surface area contributed by atoms with E-state index in [1.165, 1.54) is 0 Å². The van der Waals surface area contributed by atoms with Crippen LogP contribution in [0.4, 0.5) is 20.4 Å². The summed E-state index contributed by atoms with van der Waals surface area (Å²) in [5, 5.41) is 3.60. The summed E-state index contributed by atoms with van der Waals surface area (Å²) >= 11 is 0. The second-order valence-electron chi connectivity index (χ2n) is 9.30. The minimum Gasteiger partial charge on any atom is -0.381 e. The lowest BCUT2D eigenvalue weighted by Gasteiger charge is -2.29. The van der Waals surface area contributed by atoms with Gasteiger partial charge in [0, 0.05) is 44.4 Å². The Hall–Kier alpha value is -2.62. The molecule has 0 radical (unpaired) electrons. The van der Waals surface area contributed by atoms with Crippen molar-refractivity contribution in [3.8, 4) is 0 Å². The number of aromatic nitrogens is 4. The first-order valence-electron chi connectivity index (χ1n) is 12.2. The summed E-state index contributed by atoms with van der Waals surface area (Å²) in [5.74, 6) is 0.402. The minimum absolute atomic E-state index is 0. The number of nitrogens with one attached hydrogen (secondary N) is 1. The molecule has 37 heavy (non-hydrogen) atoms. The van der Waals surface area contributed by atoms with Crippen LogP contribution in [0, 0.1) is 18.6 Å². The van der Waals surface area contributed by atoms with Crippen molar-refractivity contribution >= 4 is 59.6 Å². The number of halogens is 4. The molecule has 0 spiro atoms. The molecule has 0 amide bonds. The molecule has 1 aliphatic carbocycles. The van der Waals surface area contributed by atoms with Crippen LogP contribution in [0.5, 0.6) is 0 Å². The maximum absolute atomic E-state index is 13.7. The molecule has 5 rings (SSSR count). The molecule has 0 atom stereocenters. The average molecular weight is 553 g/mol. The Morgan fingerprint density at radius 2 is 1.54 bits per heavy atom. The van der Waals surface area contributed by atoms with Crippen molar-refractivity contribution < 1.29 is 13.5 Å². The Morgan fingerprint density at radius 1 is 0.892 bits per heavy atom. The van der Waals surface area contributed by atoms with E-state index >= 15 is 0 Å². The molecule has 7 nitrogen and oxygen atoms in total. The Labute approximate surface area is 228 Å². The highest BCUT2D eigenvalue weighted by atomic mass is 35.5. The summed E-state index contributed by atoms with van der Waals surface area (Å²) in [7, 11) is 1.78. The number of rotatable bonds is 6. The van der Waals surface area contributed by atoms with Gasteiger partial charge in [-0.1, -0.05) is 0 Å². The molecule has 2 aliphatic rings. The van der Waals surface area contributed by atoms with Crippen molar-refractivity contribution in [1.82, 2.24) is 19.9 Å². The Kier molecular flexibility index (Phi) is 9.98. The lowest BCUT2D eigenvalue weighted by atomic mass is 9.93.